The molecule has 6 nitrogen and oxygen atoms in total. The molecule has 2 saturated heterocycles. The van der Waals surface area contributed by atoms with E-state index in [9.17, 15) is 9.59 Å². The number of ether oxygens (including phenoxy) is 1. The van der Waals surface area contributed by atoms with Crippen LogP contribution in [0.1, 0.15) is 19.3 Å². The highest BCUT2D eigenvalue weighted by Gasteiger charge is 2.37. The van der Waals surface area contributed by atoms with E-state index in [0.717, 1.165) is 25.9 Å². The average Bonchev–Trinajstić information content (AvgIpc) is 2.85. The smallest absolute Gasteiger partial charge is 0.227 e. The molecule has 0 spiro atoms. The van der Waals surface area contributed by atoms with Gasteiger partial charge in [0, 0.05) is 45.8 Å². The van der Waals surface area contributed by atoms with Gasteiger partial charge in [0.1, 0.15) is 0 Å². The van der Waals surface area contributed by atoms with Crippen LogP contribution >= 0.6 is 0 Å². The molecule has 0 radical (unpaired) electrons. The number of nitrogens with one attached hydrogen (secondary N) is 1. The summed E-state index contributed by atoms with van der Waals surface area (Å²) >= 11 is 0. The van der Waals surface area contributed by atoms with Crippen molar-refractivity contribution in [1.82, 2.24) is 15.1 Å². The van der Waals surface area contributed by atoms with E-state index in [-0.39, 0.29) is 17.7 Å². The first-order chi connectivity index (χ1) is 9.65. The predicted molar refractivity (Wildman–Crippen MR) is 75.2 cm³/mol. The zero-order chi connectivity index (χ0) is 14.5. The van der Waals surface area contributed by atoms with E-state index in [4.69, 9.17) is 4.74 Å². The Morgan fingerprint density at radius 3 is 2.70 bits per heavy atom. The van der Waals surface area contributed by atoms with Gasteiger partial charge in [-0.2, -0.15) is 0 Å². The van der Waals surface area contributed by atoms with Crippen LogP contribution in [-0.2, 0) is 14.3 Å². The van der Waals surface area contributed by atoms with Crippen LogP contribution in [-0.4, -0.2) is 74.6 Å². The number of hydrogen-bond donors (Lipinski definition) is 1. The second kappa shape index (κ2) is 7.04. The molecule has 1 atom stereocenters. The van der Waals surface area contributed by atoms with Gasteiger partial charge in [-0.3, -0.25) is 9.59 Å². The lowest BCUT2D eigenvalue weighted by atomic mass is 10.0. The first kappa shape index (κ1) is 15.3. The van der Waals surface area contributed by atoms with Crippen LogP contribution in [0, 0.1) is 5.92 Å². The van der Waals surface area contributed by atoms with Gasteiger partial charge in [-0.25, -0.2) is 0 Å². The molecule has 2 fully saturated rings. The Kier molecular flexibility index (Phi) is 5.37. The summed E-state index contributed by atoms with van der Waals surface area (Å²) in [6, 6.07) is 0.516. The number of piperidine rings is 1. The van der Waals surface area contributed by atoms with Crippen molar-refractivity contribution in [3.63, 3.8) is 0 Å². The van der Waals surface area contributed by atoms with Crippen LogP contribution in [0.5, 0.6) is 0 Å². The summed E-state index contributed by atoms with van der Waals surface area (Å²) in [4.78, 5) is 28.0. The number of hydrogen-bond acceptors (Lipinski definition) is 4. The Labute approximate surface area is 120 Å². The molecule has 0 aromatic rings. The van der Waals surface area contributed by atoms with Crippen molar-refractivity contribution in [3.05, 3.63) is 0 Å². The Balaban J connectivity index is 1.83. The highest BCUT2D eigenvalue weighted by Crippen LogP contribution is 2.22. The van der Waals surface area contributed by atoms with Crippen molar-refractivity contribution in [2.24, 2.45) is 5.92 Å². The molecule has 1 unspecified atom stereocenters. The zero-order valence-electron chi connectivity index (χ0n) is 12.4. The Bertz CT molecular complexity index is 354. The molecule has 2 rings (SSSR count). The average molecular weight is 283 g/mol. The third-order valence-corrected chi connectivity index (χ3v) is 4.34. The topological polar surface area (TPSA) is 61.9 Å². The Morgan fingerprint density at radius 2 is 2.10 bits per heavy atom. The van der Waals surface area contributed by atoms with E-state index in [1.807, 2.05) is 11.9 Å². The number of methoxy groups -OCH3 is 1. The fraction of sp³-hybridized carbons (Fsp3) is 0.857. The van der Waals surface area contributed by atoms with Gasteiger partial charge in [0.25, 0.3) is 0 Å². The molecule has 1 N–H and O–H groups in total. The summed E-state index contributed by atoms with van der Waals surface area (Å²) in [6.45, 7) is 3.26. The Hall–Kier alpha value is -1.14. The molecular weight excluding hydrogens is 258 g/mol. The van der Waals surface area contributed by atoms with Crippen molar-refractivity contribution >= 4 is 11.8 Å². The van der Waals surface area contributed by atoms with Gasteiger partial charge in [0.15, 0.2) is 0 Å². The fourth-order valence-corrected chi connectivity index (χ4v) is 3.00. The van der Waals surface area contributed by atoms with Crippen LogP contribution in [0.4, 0.5) is 0 Å². The van der Waals surface area contributed by atoms with Gasteiger partial charge in [0.2, 0.25) is 11.8 Å². The highest BCUT2D eigenvalue weighted by atomic mass is 16.5. The molecule has 2 aliphatic rings. The normalized spacial score (nSPS) is 24.5. The lowest BCUT2D eigenvalue weighted by Gasteiger charge is -2.33. The summed E-state index contributed by atoms with van der Waals surface area (Å²) in [5, 5.41) is 3.26. The minimum Gasteiger partial charge on any atom is -0.383 e. The van der Waals surface area contributed by atoms with Gasteiger partial charge in [-0.05, 0) is 19.9 Å². The molecule has 0 aromatic heterocycles. The second-order valence-corrected chi connectivity index (χ2v) is 5.62. The molecule has 0 aromatic carbocycles. The maximum absolute atomic E-state index is 12.5. The SMILES string of the molecule is CNC1CCN(C(=O)C2CC(=O)N(CCOC)C2)CC1. The quantitative estimate of drug-likeness (QED) is 0.752. The number of rotatable bonds is 5. The number of carbonyl (C=O) groups is 2. The fourth-order valence-electron chi connectivity index (χ4n) is 3.00. The van der Waals surface area contributed by atoms with Crippen molar-refractivity contribution in [2.45, 2.75) is 25.3 Å². The van der Waals surface area contributed by atoms with E-state index >= 15 is 0 Å². The summed E-state index contributed by atoms with van der Waals surface area (Å²) in [7, 11) is 3.58. The van der Waals surface area contributed by atoms with Gasteiger partial charge >= 0.3 is 0 Å². The van der Waals surface area contributed by atoms with Crippen LogP contribution in [0.15, 0.2) is 0 Å². The molecule has 6 heteroatoms. The summed E-state index contributed by atoms with van der Waals surface area (Å²) < 4.78 is 4.99. The maximum Gasteiger partial charge on any atom is 0.227 e. The molecule has 114 valence electrons. The van der Waals surface area contributed by atoms with Crippen LogP contribution in [0.3, 0.4) is 0 Å². The number of likely N-dealkylation sites (tertiary alicyclic amines) is 2. The van der Waals surface area contributed by atoms with Gasteiger partial charge in [-0.15, -0.1) is 0 Å². The molecule has 2 aliphatic heterocycles. The third-order valence-electron chi connectivity index (χ3n) is 4.34. The summed E-state index contributed by atoms with van der Waals surface area (Å²) in [5.41, 5.74) is 0. The first-order valence-corrected chi connectivity index (χ1v) is 7.38. The van der Waals surface area contributed by atoms with Crippen LogP contribution < -0.4 is 5.32 Å². The molecule has 20 heavy (non-hydrogen) atoms. The minimum absolute atomic E-state index is 0.0745. The molecule has 2 amide bonds. The van der Waals surface area contributed by atoms with Gasteiger partial charge in [-0.1, -0.05) is 0 Å². The van der Waals surface area contributed by atoms with Crippen molar-refractivity contribution in [1.29, 1.82) is 0 Å². The summed E-state index contributed by atoms with van der Waals surface area (Å²) in [6.07, 6.45) is 2.35. The van der Waals surface area contributed by atoms with Crippen molar-refractivity contribution in [3.8, 4) is 0 Å². The highest BCUT2D eigenvalue weighted by molar-refractivity contribution is 5.89. The van der Waals surface area contributed by atoms with Gasteiger partial charge in [0.05, 0.1) is 12.5 Å². The van der Waals surface area contributed by atoms with E-state index in [0.29, 0.717) is 32.2 Å². The van der Waals surface area contributed by atoms with Crippen molar-refractivity contribution < 1.29 is 14.3 Å². The molecule has 0 saturated carbocycles. The molecule has 0 bridgehead atoms. The van der Waals surface area contributed by atoms with Crippen molar-refractivity contribution in [2.75, 3.05) is 46.9 Å². The predicted octanol–water partition coefficient (Wildman–Crippen LogP) is -0.308. The monoisotopic (exact) mass is 283 g/mol. The zero-order valence-corrected chi connectivity index (χ0v) is 12.4. The minimum atomic E-state index is -0.162. The molecule has 0 aliphatic carbocycles. The maximum atomic E-state index is 12.5. The van der Waals surface area contributed by atoms with E-state index in [1.165, 1.54) is 0 Å². The van der Waals surface area contributed by atoms with Crippen LogP contribution in [0.25, 0.3) is 0 Å². The number of nitrogens with zero attached hydrogens (tertiary/aromatic N) is 2. The van der Waals surface area contributed by atoms with Gasteiger partial charge < -0.3 is 19.9 Å². The molecular formula is C14H25N3O3. The number of carbonyl (C=O) groups excluding carboxylic acids is 2. The lowest BCUT2D eigenvalue weighted by Crippen LogP contribution is -2.46. The van der Waals surface area contributed by atoms with Crippen LogP contribution in [0.2, 0.25) is 0 Å². The van der Waals surface area contributed by atoms with E-state index in [2.05, 4.69) is 5.32 Å². The van der Waals surface area contributed by atoms with E-state index in [1.54, 1.807) is 12.0 Å². The second-order valence-electron chi connectivity index (χ2n) is 5.62. The first-order valence-electron chi connectivity index (χ1n) is 7.38. The Morgan fingerprint density at radius 1 is 1.40 bits per heavy atom. The third kappa shape index (κ3) is 3.49. The number of amides is 2. The summed E-state index contributed by atoms with van der Waals surface area (Å²) in [5.74, 6) is 0.0591. The lowest BCUT2D eigenvalue weighted by molar-refractivity contribution is -0.136. The van der Waals surface area contributed by atoms with E-state index < -0.39 is 0 Å². The standard InChI is InChI=1S/C14H25N3O3/c1-15-12-3-5-16(6-4-12)14(19)11-9-13(18)17(10-11)7-8-20-2/h11-12,15H,3-10H2,1-2H3. The largest absolute Gasteiger partial charge is 0.383 e. The molecule has 2 heterocycles.